The number of carbonyl (C=O) groups is 2. The molecule has 0 radical (unpaired) electrons. The topological polar surface area (TPSA) is 70.4 Å². The minimum Gasteiger partial charge on any atom is -0.465 e. The van der Waals surface area contributed by atoms with Gasteiger partial charge in [-0.2, -0.15) is 5.10 Å². The van der Waals surface area contributed by atoms with E-state index in [2.05, 4.69) is 5.10 Å². The standard InChI is InChI=1S/C26H21FN2O4/c1-16-12-13-19(27)15-21(16)17-8-7-9-18(14-17)23-22(25(30)32-2)24(26(31)33-3)29(28-23)20-10-5-4-6-11-20/h4-15H,1-3H3. The molecule has 4 aromatic rings. The molecule has 1 heterocycles. The molecule has 0 spiro atoms. The molecule has 1 aromatic heterocycles. The minimum atomic E-state index is -0.727. The van der Waals surface area contributed by atoms with Gasteiger partial charge in [0.1, 0.15) is 17.1 Å². The van der Waals surface area contributed by atoms with Crippen molar-refractivity contribution in [2.75, 3.05) is 14.2 Å². The Morgan fingerprint density at radius 2 is 1.55 bits per heavy atom. The number of ether oxygens (including phenoxy) is 2. The van der Waals surface area contributed by atoms with Gasteiger partial charge in [0.25, 0.3) is 0 Å². The molecule has 33 heavy (non-hydrogen) atoms. The second-order valence-corrected chi connectivity index (χ2v) is 7.34. The molecular weight excluding hydrogens is 423 g/mol. The molecule has 6 nitrogen and oxygen atoms in total. The third-order valence-corrected chi connectivity index (χ3v) is 5.30. The van der Waals surface area contributed by atoms with Crippen LogP contribution in [0.15, 0.2) is 72.8 Å². The number of benzene rings is 3. The first-order valence-electron chi connectivity index (χ1n) is 10.2. The molecule has 0 N–H and O–H groups in total. The van der Waals surface area contributed by atoms with E-state index in [0.717, 1.165) is 11.1 Å². The molecule has 7 heteroatoms. The van der Waals surface area contributed by atoms with Crippen LogP contribution < -0.4 is 0 Å². The van der Waals surface area contributed by atoms with Crippen LogP contribution in [-0.4, -0.2) is 35.9 Å². The van der Waals surface area contributed by atoms with Crippen molar-refractivity contribution in [1.82, 2.24) is 9.78 Å². The van der Waals surface area contributed by atoms with Crippen LogP contribution in [0.5, 0.6) is 0 Å². The van der Waals surface area contributed by atoms with Crippen molar-refractivity contribution in [2.24, 2.45) is 0 Å². The van der Waals surface area contributed by atoms with E-state index in [4.69, 9.17) is 9.47 Å². The van der Waals surface area contributed by atoms with Gasteiger partial charge in [-0.3, -0.25) is 0 Å². The number of halogens is 1. The Kier molecular flexibility index (Phi) is 6.04. The molecule has 3 aromatic carbocycles. The molecule has 0 atom stereocenters. The Morgan fingerprint density at radius 3 is 2.24 bits per heavy atom. The van der Waals surface area contributed by atoms with Gasteiger partial charge in [-0.25, -0.2) is 18.7 Å². The number of para-hydroxylation sites is 1. The number of aryl methyl sites for hydroxylation is 1. The molecule has 0 aliphatic rings. The molecule has 4 rings (SSSR count). The number of methoxy groups -OCH3 is 2. The van der Waals surface area contributed by atoms with E-state index >= 15 is 0 Å². The average Bonchev–Trinajstić information content (AvgIpc) is 3.26. The lowest BCUT2D eigenvalue weighted by molar-refractivity contribution is 0.0549. The van der Waals surface area contributed by atoms with Gasteiger partial charge in [0.05, 0.1) is 19.9 Å². The first kappa shape index (κ1) is 22.0. The van der Waals surface area contributed by atoms with Crippen molar-refractivity contribution in [2.45, 2.75) is 6.92 Å². The molecule has 0 aliphatic carbocycles. The number of hydrogen-bond donors (Lipinski definition) is 0. The normalized spacial score (nSPS) is 10.7. The van der Waals surface area contributed by atoms with Gasteiger partial charge >= 0.3 is 11.9 Å². The maximum atomic E-state index is 13.9. The number of aromatic nitrogens is 2. The van der Waals surface area contributed by atoms with Gasteiger partial charge in [0, 0.05) is 5.56 Å². The quantitative estimate of drug-likeness (QED) is 0.395. The van der Waals surface area contributed by atoms with E-state index in [0.29, 0.717) is 16.8 Å². The molecule has 0 aliphatic heterocycles. The van der Waals surface area contributed by atoms with Crippen LogP contribution in [0, 0.1) is 12.7 Å². The summed E-state index contributed by atoms with van der Waals surface area (Å²) in [7, 11) is 2.47. The van der Waals surface area contributed by atoms with Gasteiger partial charge in [0.15, 0.2) is 5.69 Å². The highest BCUT2D eigenvalue weighted by molar-refractivity contribution is 6.07. The van der Waals surface area contributed by atoms with Gasteiger partial charge in [-0.05, 0) is 53.9 Å². The summed E-state index contributed by atoms with van der Waals surface area (Å²) in [4.78, 5) is 25.5. The lowest BCUT2D eigenvalue weighted by atomic mass is 9.96. The largest absolute Gasteiger partial charge is 0.465 e. The summed E-state index contributed by atoms with van der Waals surface area (Å²) in [5.41, 5.74) is 3.69. The second-order valence-electron chi connectivity index (χ2n) is 7.34. The predicted octanol–water partition coefficient (Wildman–Crippen LogP) is 5.23. The zero-order valence-electron chi connectivity index (χ0n) is 18.3. The van der Waals surface area contributed by atoms with Crippen LogP contribution in [0.3, 0.4) is 0 Å². The molecule has 166 valence electrons. The molecule has 0 bridgehead atoms. The van der Waals surface area contributed by atoms with Gasteiger partial charge in [-0.1, -0.05) is 42.5 Å². The van der Waals surface area contributed by atoms with Crippen molar-refractivity contribution in [3.05, 3.63) is 95.4 Å². The SMILES string of the molecule is COC(=O)c1c(-c2cccc(-c3cc(F)ccc3C)c2)nn(-c2ccccc2)c1C(=O)OC. The molecule has 0 amide bonds. The average molecular weight is 444 g/mol. The number of nitrogens with zero attached hydrogens (tertiary/aromatic N) is 2. The summed E-state index contributed by atoms with van der Waals surface area (Å²) in [6.45, 7) is 1.89. The van der Waals surface area contributed by atoms with E-state index in [9.17, 15) is 14.0 Å². The first-order valence-corrected chi connectivity index (χ1v) is 10.2. The summed E-state index contributed by atoms with van der Waals surface area (Å²) in [6.07, 6.45) is 0. The summed E-state index contributed by atoms with van der Waals surface area (Å²) in [5, 5.41) is 4.60. The molecule has 0 unspecified atom stereocenters. The molecule has 0 fully saturated rings. The van der Waals surface area contributed by atoms with E-state index in [-0.39, 0.29) is 22.8 Å². The van der Waals surface area contributed by atoms with Crippen molar-refractivity contribution in [1.29, 1.82) is 0 Å². The van der Waals surface area contributed by atoms with Crippen LogP contribution in [0.25, 0.3) is 28.1 Å². The smallest absolute Gasteiger partial charge is 0.357 e. The fraction of sp³-hybridized carbons (Fsp3) is 0.115. The van der Waals surface area contributed by atoms with E-state index in [1.54, 1.807) is 48.5 Å². The maximum Gasteiger partial charge on any atom is 0.357 e. The Labute approximate surface area is 190 Å². The summed E-state index contributed by atoms with van der Waals surface area (Å²) < 4.78 is 25.2. The zero-order valence-corrected chi connectivity index (χ0v) is 18.3. The van der Waals surface area contributed by atoms with Crippen molar-refractivity contribution in [3.8, 4) is 28.1 Å². The fourth-order valence-corrected chi connectivity index (χ4v) is 3.70. The van der Waals surface area contributed by atoms with E-state index < -0.39 is 11.9 Å². The van der Waals surface area contributed by atoms with Crippen LogP contribution >= 0.6 is 0 Å². The number of carbonyl (C=O) groups excluding carboxylic acids is 2. The van der Waals surface area contributed by atoms with E-state index in [1.807, 2.05) is 19.1 Å². The van der Waals surface area contributed by atoms with E-state index in [1.165, 1.54) is 31.0 Å². The third kappa shape index (κ3) is 4.13. The molecular formula is C26H21FN2O4. The minimum absolute atomic E-state index is 0.0127. The second kappa shape index (κ2) is 9.08. The third-order valence-electron chi connectivity index (χ3n) is 5.30. The maximum absolute atomic E-state index is 13.9. The van der Waals surface area contributed by atoms with Crippen molar-refractivity contribution in [3.63, 3.8) is 0 Å². The Hall–Kier alpha value is -4.26. The van der Waals surface area contributed by atoms with Gasteiger partial charge < -0.3 is 9.47 Å². The fourth-order valence-electron chi connectivity index (χ4n) is 3.70. The molecule has 0 saturated carbocycles. The van der Waals surface area contributed by atoms with Crippen LogP contribution in [0.4, 0.5) is 4.39 Å². The van der Waals surface area contributed by atoms with Gasteiger partial charge in [0.2, 0.25) is 0 Å². The summed E-state index contributed by atoms with van der Waals surface area (Å²) >= 11 is 0. The van der Waals surface area contributed by atoms with Crippen LogP contribution in [0.2, 0.25) is 0 Å². The first-order chi connectivity index (χ1) is 15.9. The predicted molar refractivity (Wildman–Crippen MR) is 122 cm³/mol. The Balaban J connectivity index is 1.98. The van der Waals surface area contributed by atoms with Crippen molar-refractivity contribution >= 4 is 11.9 Å². The highest BCUT2D eigenvalue weighted by Crippen LogP contribution is 2.33. The van der Waals surface area contributed by atoms with Crippen LogP contribution in [0.1, 0.15) is 26.4 Å². The van der Waals surface area contributed by atoms with Crippen LogP contribution in [-0.2, 0) is 9.47 Å². The number of rotatable bonds is 5. The summed E-state index contributed by atoms with van der Waals surface area (Å²) in [6, 6.07) is 20.7. The highest BCUT2D eigenvalue weighted by atomic mass is 19.1. The summed E-state index contributed by atoms with van der Waals surface area (Å²) in [5.74, 6) is -1.80. The lowest BCUT2D eigenvalue weighted by Gasteiger charge is -2.09. The number of esters is 2. The number of hydrogen-bond acceptors (Lipinski definition) is 5. The Morgan fingerprint density at radius 1 is 0.848 bits per heavy atom. The highest BCUT2D eigenvalue weighted by Gasteiger charge is 2.31. The molecule has 0 saturated heterocycles. The monoisotopic (exact) mass is 444 g/mol. The Bertz CT molecular complexity index is 1350. The van der Waals surface area contributed by atoms with Gasteiger partial charge in [-0.15, -0.1) is 0 Å². The zero-order chi connectivity index (χ0) is 23.5. The lowest BCUT2D eigenvalue weighted by Crippen LogP contribution is -2.15. The van der Waals surface area contributed by atoms with Crippen molar-refractivity contribution < 1.29 is 23.5 Å².